The van der Waals surface area contributed by atoms with Gasteiger partial charge in [0.05, 0.1) is 5.39 Å². The van der Waals surface area contributed by atoms with Crippen molar-refractivity contribution in [2.75, 3.05) is 0 Å². The van der Waals surface area contributed by atoms with Crippen LogP contribution in [-0.4, -0.2) is 0 Å². The van der Waals surface area contributed by atoms with Gasteiger partial charge in [-0.05, 0) is 23.6 Å². The zero-order valence-electron chi connectivity index (χ0n) is 9.28. The zero-order chi connectivity index (χ0) is 11.5. The maximum atomic E-state index is 5.70. The van der Waals surface area contributed by atoms with Crippen molar-refractivity contribution < 1.29 is 9.57 Å². The van der Waals surface area contributed by atoms with E-state index in [-0.39, 0.29) is 0 Å². The minimum Gasteiger partial charge on any atom is -0.232 e. The van der Waals surface area contributed by atoms with Crippen LogP contribution in [0.3, 0.4) is 0 Å². The number of pyridine rings is 1. The van der Waals surface area contributed by atoms with Gasteiger partial charge in [-0.1, -0.05) is 36.4 Å². The Kier molecular flexibility index (Phi) is 2.47. The molecule has 0 aliphatic heterocycles. The molecule has 0 bridgehead atoms. The highest BCUT2D eigenvalue weighted by Crippen LogP contribution is 2.11. The SMILES string of the molecule is c1ccc(O[n+]2ccc3ccccc3c2)cc1. The largest absolute Gasteiger partial charge is 0.232 e. The highest BCUT2D eigenvalue weighted by molar-refractivity contribution is 5.80. The average molecular weight is 222 g/mol. The van der Waals surface area contributed by atoms with Crippen molar-refractivity contribution in [3.05, 3.63) is 73.1 Å². The molecular weight excluding hydrogens is 210 g/mol. The molecule has 82 valence electrons. The van der Waals surface area contributed by atoms with Crippen LogP contribution in [-0.2, 0) is 0 Å². The standard InChI is InChI=1S/C15H12NO/c1-2-8-15(9-3-1)17-16-11-10-13-6-4-5-7-14(13)12-16/h1-12H/q+1. The molecule has 2 nitrogen and oxygen atoms in total. The first-order valence-corrected chi connectivity index (χ1v) is 5.55. The van der Waals surface area contributed by atoms with Crippen LogP contribution >= 0.6 is 0 Å². The van der Waals surface area contributed by atoms with Crippen LogP contribution in [0.4, 0.5) is 0 Å². The fourth-order valence-corrected chi connectivity index (χ4v) is 1.77. The van der Waals surface area contributed by atoms with Gasteiger partial charge in [0, 0.05) is 10.8 Å². The van der Waals surface area contributed by atoms with Gasteiger partial charge in [0.2, 0.25) is 18.1 Å². The topological polar surface area (TPSA) is 13.1 Å². The molecular formula is C15H12NO+. The summed E-state index contributed by atoms with van der Waals surface area (Å²) in [6.07, 6.45) is 3.89. The van der Waals surface area contributed by atoms with Crippen molar-refractivity contribution in [3.8, 4) is 5.75 Å². The molecule has 0 saturated heterocycles. The first kappa shape index (κ1) is 9.85. The summed E-state index contributed by atoms with van der Waals surface area (Å²) in [5.41, 5.74) is 0. The van der Waals surface area contributed by atoms with Crippen molar-refractivity contribution >= 4 is 10.8 Å². The van der Waals surface area contributed by atoms with Gasteiger partial charge in [-0.15, -0.1) is 0 Å². The summed E-state index contributed by atoms with van der Waals surface area (Å²) in [4.78, 5) is 5.70. The van der Waals surface area contributed by atoms with Gasteiger partial charge in [-0.25, -0.2) is 4.84 Å². The van der Waals surface area contributed by atoms with E-state index in [1.54, 1.807) is 4.73 Å². The molecule has 1 aromatic heterocycles. The summed E-state index contributed by atoms with van der Waals surface area (Å²) in [5, 5.41) is 2.37. The number of hydrogen-bond donors (Lipinski definition) is 0. The number of para-hydroxylation sites is 1. The van der Waals surface area contributed by atoms with Gasteiger partial charge in [-0.3, -0.25) is 0 Å². The number of benzene rings is 2. The minimum absolute atomic E-state index is 0.827. The first-order chi connectivity index (χ1) is 8.42. The lowest BCUT2D eigenvalue weighted by molar-refractivity contribution is -0.874. The summed E-state index contributed by atoms with van der Waals surface area (Å²) >= 11 is 0. The Hall–Kier alpha value is -2.35. The maximum absolute atomic E-state index is 5.70. The molecule has 2 heteroatoms. The Morgan fingerprint density at radius 2 is 1.41 bits per heavy atom. The Labute approximate surface area is 99.7 Å². The van der Waals surface area contributed by atoms with Crippen LogP contribution in [0.2, 0.25) is 0 Å². The lowest BCUT2D eigenvalue weighted by Crippen LogP contribution is -2.38. The molecule has 0 radical (unpaired) electrons. The average Bonchev–Trinajstić information content (AvgIpc) is 2.40. The number of fused-ring (bicyclic) bond motifs is 1. The quantitative estimate of drug-likeness (QED) is 0.607. The molecule has 3 rings (SSSR count). The van der Waals surface area contributed by atoms with E-state index in [0.717, 1.165) is 11.1 Å². The highest BCUT2D eigenvalue weighted by atomic mass is 16.7. The molecule has 0 unspecified atom stereocenters. The number of aromatic nitrogens is 1. The third-order valence-electron chi connectivity index (χ3n) is 2.62. The van der Waals surface area contributed by atoms with Crippen LogP contribution in [0.25, 0.3) is 10.8 Å². The van der Waals surface area contributed by atoms with E-state index >= 15 is 0 Å². The van der Waals surface area contributed by atoms with Crippen molar-refractivity contribution in [3.63, 3.8) is 0 Å². The zero-order valence-corrected chi connectivity index (χ0v) is 9.28. The van der Waals surface area contributed by atoms with Crippen LogP contribution in [0.15, 0.2) is 73.1 Å². The summed E-state index contributed by atoms with van der Waals surface area (Å²) < 4.78 is 1.72. The molecule has 0 N–H and O–H groups in total. The van der Waals surface area contributed by atoms with Crippen molar-refractivity contribution in [1.82, 2.24) is 0 Å². The predicted octanol–water partition coefficient (Wildman–Crippen LogP) is 2.97. The number of hydrogen-bond acceptors (Lipinski definition) is 1. The van der Waals surface area contributed by atoms with Crippen LogP contribution < -0.4 is 9.57 Å². The molecule has 17 heavy (non-hydrogen) atoms. The fraction of sp³-hybridized carbons (Fsp3) is 0. The van der Waals surface area contributed by atoms with E-state index < -0.39 is 0 Å². The lowest BCUT2D eigenvalue weighted by atomic mass is 10.2. The number of rotatable bonds is 2. The van der Waals surface area contributed by atoms with E-state index in [9.17, 15) is 0 Å². The summed E-state index contributed by atoms with van der Waals surface area (Å²) in [7, 11) is 0. The van der Waals surface area contributed by atoms with E-state index in [2.05, 4.69) is 12.1 Å². The normalized spacial score (nSPS) is 10.4. The summed E-state index contributed by atoms with van der Waals surface area (Å²) in [6, 6.07) is 20.0. The van der Waals surface area contributed by atoms with E-state index in [0.29, 0.717) is 0 Å². The summed E-state index contributed by atoms with van der Waals surface area (Å²) in [6.45, 7) is 0. The third-order valence-corrected chi connectivity index (χ3v) is 2.62. The molecule has 2 aromatic carbocycles. The Morgan fingerprint density at radius 1 is 0.706 bits per heavy atom. The van der Waals surface area contributed by atoms with Gasteiger partial charge in [0.1, 0.15) is 0 Å². The van der Waals surface area contributed by atoms with Crippen molar-refractivity contribution in [1.29, 1.82) is 0 Å². The highest BCUT2D eigenvalue weighted by Gasteiger charge is 2.04. The van der Waals surface area contributed by atoms with Gasteiger partial charge >= 0.3 is 0 Å². The van der Waals surface area contributed by atoms with Crippen LogP contribution in [0.1, 0.15) is 0 Å². The molecule has 0 aliphatic rings. The second kappa shape index (κ2) is 4.26. The third kappa shape index (κ3) is 2.11. The van der Waals surface area contributed by atoms with Gasteiger partial charge in [0.15, 0.2) is 0 Å². The van der Waals surface area contributed by atoms with E-state index in [1.807, 2.05) is 60.9 Å². The second-order valence-corrected chi connectivity index (χ2v) is 3.84. The smallest absolute Gasteiger partial charge is 0.230 e. The molecule has 0 amide bonds. The summed E-state index contributed by atoms with van der Waals surface area (Å²) in [5.74, 6) is 0.827. The van der Waals surface area contributed by atoms with Gasteiger partial charge in [-0.2, -0.15) is 0 Å². The lowest BCUT2D eigenvalue weighted by Gasteiger charge is -1.98. The number of nitrogens with zero attached hydrogens (tertiary/aromatic N) is 1. The van der Waals surface area contributed by atoms with Gasteiger partial charge in [0.25, 0.3) is 0 Å². The first-order valence-electron chi connectivity index (χ1n) is 5.55. The molecule has 0 saturated carbocycles. The Balaban J connectivity index is 1.96. The molecule has 3 aromatic rings. The van der Waals surface area contributed by atoms with Crippen molar-refractivity contribution in [2.45, 2.75) is 0 Å². The Morgan fingerprint density at radius 3 is 2.24 bits per heavy atom. The monoisotopic (exact) mass is 222 g/mol. The fourth-order valence-electron chi connectivity index (χ4n) is 1.77. The van der Waals surface area contributed by atoms with E-state index in [4.69, 9.17) is 4.84 Å². The molecule has 0 atom stereocenters. The van der Waals surface area contributed by atoms with Crippen LogP contribution in [0, 0.1) is 0 Å². The van der Waals surface area contributed by atoms with Gasteiger partial charge < -0.3 is 0 Å². The molecule has 0 spiro atoms. The molecule has 1 heterocycles. The van der Waals surface area contributed by atoms with Crippen LogP contribution in [0.5, 0.6) is 5.75 Å². The maximum Gasteiger partial charge on any atom is 0.230 e. The van der Waals surface area contributed by atoms with Crippen molar-refractivity contribution in [2.24, 2.45) is 0 Å². The Bertz CT molecular complexity index is 635. The minimum atomic E-state index is 0.827. The predicted molar refractivity (Wildman–Crippen MR) is 66.6 cm³/mol. The van der Waals surface area contributed by atoms with E-state index in [1.165, 1.54) is 5.39 Å². The molecule has 0 aliphatic carbocycles. The molecule has 0 fully saturated rings. The second-order valence-electron chi connectivity index (χ2n) is 3.84.